The van der Waals surface area contributed by atoms with Gasteiger partial charge in [0, 0.05) is 0 Å². The molecule has 0 fully saturated rings. The quantitative estimate of drug-likeness (QED) is 0.750. The molecular weight excluding hydrogens is 190 g/mol. The predicted octanol–water partition coefficient (Wildman–Crippen LogP) is 2.91. The van der Waals surface area contributed by atoms with Gasteiger partial charge in [0.15, 0.2) is 0 Å². The van der Waals surface area contributed by atoms with Crippen molar-refractivity contribution in [3.8, 4) is 11.5 Å². The van der Waals surface area contributed by atoms with Gasteiger partial charge in [-0.05, 0) is 37.1 Å². The number of halogens is 2. The van der Waals surface area contributed by atoms with E-state index in [1.807, 2.05) is 0 Å². The Morgan fingerprint density at radius 1 is 1.07 bits per heavy atom. The van der Waals surface area contributed by atoms with Crippen molar-refractivity contribution in [3.05, 3.63) is 23.3 Å². The van der Waals surface area contributed by atoms with E-state index >= 15 is 0 Å². The molecule has 78 valence electrons. The summed E-state index contributed by atoms with van der Waals surface area (Å²) >= 11 is 0. The van der Waals surface area contributed by atoms with E-state index in [-0.39, 0.29) is 5.75 Å². The molecule has 0 N–H and O–H groups in total. The molecule has 1 aromatic rings. The van der Waals surface area contributed by atoms with Gasteiger partial charge in [-0.3, -0.25) is 0 Å². The lowest BCUT2D eigenvalue weighted by molar-refractivity contribution is -0.0503. The number of hydrogen-bond acceptors (Lipinski definition) is 2. The van der Waals surface area contributed by atoms with E-state index in [0.717, 1.165) is 5.56 Å². The maximum absolute atomic E-state index is 12.0. The van der Waals surface area contributed by atoms with Gasteiger partial charge in [0.05, 0.1) is 7.11 Å². The van der Waals surface area contributed by atoms with Crippen molar-refractivity contribution in [2.75, 3.05) is 7.11 Å². The van der Waals surface area contributed by atoms with Crippen LogP contribution in [0.25, 0.3) is 0 Å². The monoisotopic (exact) mass is 202 g/mol. The van der Waals surface area contributed by atoms with Crippen molar-refractivity contribution in [1.82, 2.24) is 0 Å². The average Bonchev–Trinajstić information content (AvgIpc) is 2.13. The van der Waals surface area contributed by atoms with Gasteiger partial charge in [0.1, 0.15) is 11.5 Å². The van der Waals surface area contributed by atoms with Crippen LogP contribution in [-0.2, 0) is 0 Å². The molecular formula is C10H12F2O2. The SMILES string of the molecule is COc1ccc(OC(F)F)c(C)c1C. The summed E-state index contributed by atoms with van der Waals surface area (Å²) in [6, 6.07) is 3.09. The van der Waals surface area contributed by atoms with Gasteiger partial charge in [-0.2, -0.15) is 8.78 Å². The van der Waals surface area contributed by atoms with Gasteiger partial charge >= 0.3 is 6.61 Å². The summed E-state index contributed by atoms with van der Waals surface area (Å²) < 4.78 is 33.3. The molecule has 0 spiro atoms. The van der Waals surface area contributed by atoms with Crippen molar-refractivity contribution in [3.63, 3.8) is 0 Å². The molecule has 0 heterocycles. The van der Waals surface area contributed by atoms with Crippen LogP contribution in [0.3, 0.4) is 0 Å². The largest absolute Gasteiger partial charge is 0.496 e. The second-order valence-electron chi connectivity index (χ2n) is 2.89. The smallest absolute Gasteiger partial charge is 0.387 e. The summed E-state index contributed by atoms with van der Waals surface area (Å²) in [7, 11) is 1.54. The third kappa shape index (κ3) is 2.13. The molecule has 0 aliphatic heterocycles. The Morgan fingerprint density at radius 3 is 2.07 bits per heavy atom. The molecule has 0 atom stereocenters. The molecule has 14 heavy (non-hydrogen) atoms. The molecule has 0 saturated carbocycles. The lowest BCUT2D eigenvalue weighted by Gasteiger charge is -2.12. The van der Waals surface area contributed by atoms with Gasteiger partial charge in [0.25, 0.3) is 0 Å². The van der Waals surface area contributed by atoms with Crippen LogP contribution in [0.15, 0.2) is 12.1 Å². The summed E-state index contributed by atoms with van der Waals surface area (Å²) in [5.41, 5.74) is 1.48. The maximum atomic E-state index is 12.0. The van der Waals surface area contributed by atoms with Crippen molar-refractivity contribution in [2.45, 2.75) is 20.5 Å². The van der Waals surface area contributed by atoms with Crippen molar-refractivity contribution < 1.29 is 18.3 Å². The molecule has 0 bridgehead atoms. The standard InChI is InChI=1S/C10H12F2O2/c1-6-7(2)9(14-10(11)12)5-4-8(6)13-3/h4-5,10H,1-3H3. The first-order chi connectivity index (χ1) is 6.56. The third-order valence-corrected chi connectivity index (χ3v) is 2.12. The minimum absolute atomic E-state index is 0.193. The Balaban J connectivity index is 3.04. The van der Waals surface area contributed by atoms with Crippen LogP contribution in [0, 0.1) is 13.8 Å². The van der Waals surface area contributed by atoms with Crippen LogP contribution in [-0.4, -0.2) is 13.7 Å². The zero-order chi connectivity index (χ0) is 10.7. The van der Waals surface area contributed by atoms with Crippen molar-refractivity contribution in [1.29, 1.82) is 0 Å². The second-order valence-corrected chi connectivity index (χ2v) is 2.89. The van der Waals surface area contributed by atoms with E-state index in [1.54, 1.807) is 19.9 Å². The molecule has 4 heteroatoms. The van der Waals surface area contributed by atoms with E-state index in [2.05, 4.69) is 4.74 Å². The fourth-order valence-electron chi connectivity index (χ4n) is 1.22. The summed E-state index contributed by atoms with van der Waals surface area (Å²) in [5.74, 6) is 0.863. The second kappa shape index (κ2) is 4.26. The zero-order valence-electron chi connectivity index (χ0n) is 8.30. The molecule has 0 radical (unpaired) electrons. The van der Waals surface area contributed by atoms with Crippen LogP contribution < -0.4 is 9.47 Å². The molecule has 0 aliphatic carbocycles. The Kier molecular flexibility index (Phi) is 3.28. The topological polar surface area (TPSA) is 18.5 Å². The van der Waals surface area contributed by atoms with Crippen LogP contribution >= 0.6 is 0 Å². The molecule has 0 saturated heterocycles. The van der Waals surface area contributed by atoms with Gasteiger partial charge in [-0.1, -0.05) is 0 Å². The lowest BCUT2D eigenvalue weighted by atomic mass is 10.1. The first kappa shape index (κ1) is 10.8. The Labute approximate surface area is 81.4 Å². The van der Waals surface area contributed by atoms with Crippen molar-refractivity contribution >= 4 is 0 Å². The Morgan fingerprint density at radius 2 is 1.57 bits per heavy atom. The highest BCUT2D eigenvalue weighted by Crippen LogP contribution is 2.29. The van der Waals surface area contributed by atoms with Crippen LogP contribution in [0.1, 0.15) is 11.1 Å². The number of benzene rings is 1. The van der Waals surface area contributed by atoms with Gasteiger partial charge < -0.3 is 9.47 Å². The Hall–Kier alpha value is -1.32. The summed E-state index contributed by atoms with van der Waals surface area (Å²) in [6.07, 6.45) is 0. The normalized spacial score (nSPS) is 10.4. The first-order valence-electron chi connectivity index (χ1n) is 4.15. The highest BCUT2D eigenvalue weighted by molar-refractivity contribution is 5.47. The first-order valence-corrected chi connectivity index (χ1v) is 4.15. The van der Waals surface area contributed by atoms with Gasteiger partial charge in [-0.15, -0.1) is 0 Å². The number of ether oxygens (including phenoxy) is 2. The predicted molar refractivity (Wildman–Crippen MR) is 49.1 cm³/mol. The van der Waals surface area contributed by atoms with Crippen LogP contribution in [0.5, 0.6) is 11.5 Å². The minimum atomic E-state index is -2.79. The third-order valence-electron chi connectivity index (χ3n) is 2.12. The fraction of sp³-hybridized carbons (Fsp3) is 0.400. The zero-order valence-corrected chi connectivity index (χ0v) is 8.30. The number of alkyl halides is 2. The molecule has 0 aromatic heterocycles. The van der Waals surface area contributed by atoms with Crippen LogP contribution in [0.4, 0.5) is 8.78 Å². The van der Waals surface area contributed by atoms with E-state index < -0.39 is 6.61 Å². The van der Waals surface area contributed by atoms with Crippen LogP contribution in [0.2, 0.25) is 0 Å². The molecule has 2 nitrogen and oxygen atoms in total. The van der Waals surface area contributed by atoms with Gasteiger partial charge in [0.2, 0.25) is 0 Å². The summed E-state index contributed by atoms with van der Waals surface area (Å²) in [6.45, 7) is 0.726. The molecule has 0 aliphatic rings. The fourth-order valence-corrected chi connectivity index (χ4v) is 1.22. The van der Waals surface area contributed by atoms with E-state index in [0.29, 0.717) is 11.3 Å². The highest BCUT2D eigenvalue weighted by atomic mass is 19.3. The van der Waals surface area contributed by atoms with E-state index in [4.69, 9.17) is 4.74 Å². The Bertz CT molecular complexity index is 324. The highest BCUT2D eigenvalue weighted by Gasteiger charge is 2.11. The average molecular weight is 202 g/mol. The number of hydrogen-bond donors (Lipinski definition) is 0. The molecule has 1 rings (SSSR count). The minimum Gasteiger partial charge on any atom is -0.496 e. The van der Waals surface area contributed by atoms with Gasteiger partial charge in [-0.25, -0.2) is 0 Å². The molecule has 0 unspecified atom stereocenters. The molecule has 0 amide bonds. The number of methoxy groups -OCH3 is 1. The summed E-state index contributed by atoms with van der Waals surface area (Å²) in [5, 5.41) is 0. The number of rotatable bonds is 3. The lowest BCUT2D eigenvalue weighted by Crippen LogP contribution is -2.04. The molecule has 1 aromatic carbocycles. The van der Waals surface area contributed by atoms with E-state index in [9.17, 15) is 8.78 Å². The van der Waals surface area contributed by atoms with E-state index in [1.165, 1.54) is 13.2 Å². The summed E-state index contributed by atoms with van der Waals surface area (Å²) in [4.78, 5) is 0. The maximum Gasteiger partial charge on any atom is 0.387 e. The van der Waals surface area contributed by atoms with Crippen molar-refractivity contribution in [2.24, 2.45) is 0 Å².